The van der Waals surface area contributed by atoms with Gasteiger partial charge in [0.05, 0.1) is 6.33 Å². The fourth-order valence-electron chi connectivity index (χ4n) is 1.90. The van der Waals surface area contributed by atoms with E-state index in [1.165, 1.54) is 5.56 Å². The Balaban J connectivity index is 1.97. The Morgan fingerprint density at radius 3 is 2.78 bits per heavy atom. The Morgan fingerprint density at radius 1 is 1.28 bits per heavy atom. The zero-order valence-electron chi connectivity index (χ0n) is 10.1. The van der Waals surface area contributed by atoms with Crippen LogP contribution >= 0.6 is 0 Å². The molecule has 4 heteroatoms. The highest BCUT2D eigenvalue weighted by Crippen LogP contribution is 2.09. The molecule has 1 aromatic heterocycles. The monoisotopic (exact) mass is 244 g/mol. The van der Waals surface area contributed by atoms with Gasteiger partial charge >= 0.3 is 5.97 Å². The molecule has 0 unspecified atom stereocenters. The molecule has 0 saturated carbocycles. The first-order chi connectivity index (χ1) is 8.75. The van der Waals surface area contributed by atoms with Crippen molar-refractivity contribution < 1.29 is 9.90 Å². The Morgan fingerprint density at radius 2 is 2.06 bits per heavy atom. The molecule has 1 heterocycles. The minimum absolute atomic E-state index is 0.205. The van der Waals surface area contributed by atoms with E-state index in [4.69, 9.17) is 5.11 Å². The van der Waals surface area contributed by atoms with Gasteiger partial charge in [0.15, 0.2) is 0 Å². The van der Waals surface area contributed by atoms with Crippen LogP contribution in [0.25, 0.3) is 0 Å². The average molecular weight is 244 g/mol. The molecule has 0 aliphatic carbocycles. The van der Waals surface area contributed by atoms with E-state index in [0.717, 1.165) is 18.7 Å². The van der Waals surface area contributed by atoms with Gasteiger partial charge in [-0.15, -0.1) is 0 Å². The molecule has 0 aliphatic rings. The molecular weight excluding hydrogens is 228 g/mol. The lowest BCUT2D eigenvalue weighted by Gasteiger charge is -2.07. The SMILES string of the molecule is O=C(O)CCCc1cncn1Cc1ccccc1. The highest BCUT2D eigenvalue weighted by atomic mass is 16.4. The van der Waals surface area contributed by atoms with Gasteiger partial charge in [-0.25, -0.2) is 4.98 Å². The van der Waals surface area contributed by atoms with Gasteiger partial charge in [-0.3, -0.25) is 4.79 Å². The quantitative estimate of drug-likeness (QED) is 0.848. The van der Waals surface area contributed by atoms with Gasteiger partial charge in [0.25, 0.3) is 0 Å². The van der Waals surface area contributed by atoms with Gasteiger partial charge in [0.2, 0.25) is 0 Å². The van der Waals surface area contributed by atoms with Crippen molar-refractivity contribution in [3.05, 3.63) is 54.1 Å². The van der Waals surface area contributed by atoms with E-state index in [0.29, 0.717) is 6.42 Å². The van der Waals surface area contributed by atoms with Crippen LogP contribution in [0.3, 0.4) is 0 Å². The summed E-state index contributed by atoms with van der Waals surface area (Å²) in [5, 5.41) is 8.62. The maximum Gasteiger partial charge on any atom is 0.303 e. The minimum Gasteiger partial charge on any atom is -0.481 e. The van der Waals surface area contributed by atoms with Crippen molar-refractivity contribution in [1.29, 1.82) is 0 Å². The first kappa shape index (κ1) is 12.4. The van der Waals surface area contributed by atoms with Crippen LogP contribution in [0.5, 0.6) is 0 Å². The van der Waals surface area contributed by atoms with Crippen molar-refractivity contribution in [3.63, 3.8) is 0 Å². The number of hydrogen-bond acceptors (Lipinski definition) is 2. The second kappa shape index (κ2) is 6.00. The van der Waals surface area contributed by atoms with Gasteiger partial charge in [-0.1, -0.05) is 30.3 Å². The van der Waals surface area contributed by atoms with Crippen molar-refractivity contribution >= 4 is 5.97 Å². The van der Waals surface area contributed by atoms with E-state index >= 15 is 0 Å². The topological polar surface area (TPSA) is 55.1 Å². The normalized spacial score (nSPS) is 10.4. The maximum atomic E-state index is 10.5. The molecule has 0 aliphatic heterocycles. The van der Waals surface area contributed by atoms with E-state index in [-0.39, 0.29) is 6.42 Å². The lowest BCUT2D eigenvalue weighted by molar-refractivity contribution is -0.137. The van der Waals surface area contributed by atoms with Crippen LogP contribution in [-0.4, -0.2) is 20.6 Å². The Kier molecular flexibility index (Phi) is 4.12. The van der Waals surface area contributed by atoms with Crippen LogP contribution in [-0.2, 0) is 17.8 Å². The van der Waals surface area contributed by atoms with E-state index < -0.39 is 5.97 Å². The number of imidazole rings is 1. The van der Waals surface area contributed by atoms with Crippen molar-refractivity contribution in [2.24, 2.45) is 0 Å². The molecule has 0 spiro atoms. The molecule has 0 amide bonds. The molecule has 0 fully saturated rings. The Labute approximate surface area is 106 Å². The summed E-state index contributed by atoms with van der Waals surface area (Å²) in [7, 11) is 0. The number of benzene rings is 1. The first-order valence-corrected chi connectivity index (χ1v) is 6.00. The van der Waals surface area contributed by atoms with Crippen molar-refractivity contribution in [1.82, 2.24) is 9.55 Å². The summed E-state index contributed by atoms with van der Waals surface area (Å²) in [5.41, 5.74) is 2.30. The second-order valence-electron chi connectivity index (χ2n) is 4.25. The number of carbonyl (C=O) groups is 1. The molecule has 18 heavy (non-hydrogen) atoms. The van der Waals surface area contributed by atoms with E-state index in [9.17, 15) is 4.79 Å². The lowest BCUT2D eigenvalue weighted by Crippen LogP contribution is -2.04. The van der Waals surface area contributed by atoms with Crippen LogP contribution < -0.4 is 0 Å². The van der Waals surface area contributed by atoms with Crippen LogP contribution in [0, 0.1) is 0 Å². The first-order valence-electron chi connectivity index (χ1n) is 6.00. The second-order valence-corrected chi connectivity index (χ2v) is 4.25. The third-order valence-corrected chi connectivity index (χ3v) is 2.82. The van der Waals surface area contributed by atoms with Crippen molar-refractivity contribution in [2.75, 3.05) is 0 Å². The summed E-state index contributed by atoms with van der Waals surface area (Å²) < 4.78 is 2.07. The predicted molar refractivity (Wildman–Crippen MR) is 68.3 cm³/mol. The van der Waals surface area contributed by atoms with E-state index in [2.05, 4.69) is 21.7 Å². The number of rotatable bonds is 6. The highest BCUT2D eigenvalue weighted by Gasteiger charge is 2.04. The van der Waals surface area contributed by atoms with Crippen molar-refractivity contribution in [3.8, 4) is 0 Å². The molecule has 1 N–H and O–H groups in total. The Bertz CT molecular complexity index is 506. The standard InChI is InChI=1S/C14H16N2O2/c17-14(18)8-4-7-13-9-15-11-16(13)10-12-5-2-1-3-6-12/h1-3,5-6,9,11H,4,7-8,10H2,(H,17,18). The van der Waals surface area contributed by atoms with Gasteiger partial charge in [0.1, 0.15) is 0 Å². The van der Waals surface area contributed by atoms with Crippen LogP contribution in [0.15, 0.2) is 42.9 Å². The fraction of sp³-hybridized carbons (Fsp3) is 0.286. The summed E-state index contributed by atoms with van der Waals surface area (Å²) in [4.78, 5) is 14.6. The smallest absolute Gasteiger partial charge is 0.303 e. The minimum atomic E-state index is -0.746. The van der Waals surface area contributed by atoms with Crippen LogP contribution in [0.2, 0.25) is 0 Å². The number of hydrogen-bond donors (Lipinski definition) is 1. The highest BCUT2D eigenvalue weighted by molar-refractivity contribution is 5.66. The fourth-order valence-corrected chi connectivity index (χ4v) is 1.90. The van der Waals surface area contributed by atoms with E-state index in [1.54, 1.807) is 6.33 Å². The van der Waals surface area contributed by atoms with Crippen LogP contribution in [0.1, 0.15) is 24.1 Å². The van der Waals surface area contributed by atoms with Gasteiger partial charge in [-0.2, -0.15) is 0 Å². The van der Waals surface area contributed by atoms with Crippen molar-refractivity contribution in [2.45, 2.75) is 25.8 Å². The van der Waals surface area contributed by atoms with Crippen LogP contribution in [0.4, 0.5) is 0 Å². The third kappa shape index (κ3) is 3.45. The summed E-state index contributed by atoms with van der Waals surface area (Å²) in [6.07, 6.45) is 5.21. The van der Waals surface area contributed by atoms with Gasteiger partial charge < -0.3 is 9.67 Å². The molecule has 0 bridgehead atoms. The molecule has 1 aromatic carbocycles. The average Bonchev–Trinajstić information content (AvgIpc) is 2.78. The maximum absolute atomic E-state index is 10.5. The molecule has 0 saturated heterocycles. The number of aliphatic carboxylic acids is 1. The number of aromatic nitrogens is 2. The molecule has 0 atom stereocenters. The summed E-state index contributed by atoms with van der Waals surface area (Å²) in [6.45, 7) is 0.781. The largest absolute Gasteiger partial charge is 0.481 e. The third-order valence-electron chi connectivity index (χ3n) is 2.82. The summed E-state index contributed by atoms with van der Waals surface area (Å²) in [6, 6.07) is 10.2. The zero-order chi connectivity index (χ0) is 12.8. The number of carboxylic acids is 1. The Hall–Kier alpha value is -2.10. The van der Waals surface area contributed by atoms with Gasteiger partial charge in [-0.05, 0) is 18.4 Å². The number of aryl methyl sites for hydroxylation is 1. The molecule has 4 nitrogen and oxygen atoms in total. The number of carboxylic acid groups (broad SMARTS) is 1. The molecule has 2 rings (SSSR count). The number of nitrogens with zero attached hydrogens (tertiary/aromatic N) is 2. The molecule has 94 valence electrons. The predicted octanol–water partition coefficient (Wildman–Crippen LogP) is 2.34. The summed E-state index contributed by atoms with van der Waals surface area (Å²) >= 11 is 0. The molecular formula is C14H16N2O2. The van der Waals surface area contributed by atoms with Gasteiger partial charge in [0, 0.05) is 24.9 Å². The molecule has 0 radical (unpaired) electrons. The van der Waals surface area contributed by atoms with E-state index in [1.807, 2.05) is 24.4 Å². The summed E-state index contributed by atoms with van der Waals surface area (Å²) in [5.74, 6) is -0.746. The lowest BCUT2D eigenvalue weighted by atomic mass is 10.2. The zero-order valence-corrected chi connectivity index (χ0v) is 10.1. The molecule has 2 aromatic rings.